The highest BCUT2D eigenvalue weighted by Gasteiger charge is 2.37. The van der Waals surface area contributed by atoms with Crippen LogP contribution in [0.15, 0.2) is 34.7 Å². The van der Waals surface area contributed by atoms with Gasteiger partial charge in [-0.1, -0.05) is 45.4 Å². The van der Waals surface area contributed by atoms with Gasteiger partial charge >= 0.3 is 0 Å². The minimum Gasteiger partial charge on any atom is -0.456 e. The zero-order chi connectivity index (χ0) is 15.7. The first-order valence-electron chi connectivity index (χ1n) is 7.95. The summed E-state index contributed by atoms with van der Waals surface area (Å²) in [5.74, 6) is 0. The fourth-order valence-corrected chi connectivity index (χ4v) is 4.11. The molecule has 1 heterocycles. The average molecular weight is 313 g/mol. The zero-order valence-electron chi connectivity index (χ0n) is 13.6. The Morgan fingerprint density at radius 1 is 0.909 bits per heavy atom. The van der Waals surface area contributed by atoms with Crippen molar-refractivity contribution in [2.75, 3.05) is 0 Å². The van der Waals surface area contributed by atoms with Gasteiger partial charge in [0.25, 0.3) is 0 Å². The van der Waals surface area contributed by atoms with Gasteiger partial charge in [-0.3, -0.25) is 0 Å². The smallest absolute Gasteiger partial charge is 0.136 e. The number of hydrogen-bond acceptors (Lipinski definition) is 1. The molecule has 0 spiro atoms. The highest BCUT2D eigenvalue weighted by molar-refractivity contribution is 6.37. The third-order valence-electron chi connectivity index (χ3n) is 5.42. The molecule has 22 heavy (non-hydrogen) atoms. The maximum atomic E-state index is 6.43. The molecule has 1 aliphatic rings. The third-order valence-corrected chi connectivity index (χ3v) is 5.73. The monoisotopic (exact) mass is 312 g/mol. The fraction of sp³-hybridized carbons (Fsp3) is 0.400. The summed E-state index contributed by atoms with van der Waals surface area (Å²) in [5.41, 5.74) is 5.09. The van der Waals surface area contributed by atoms with Crippen molar-refractivity contribution < 1.29 is 4.42 Å². The number of halogens is 1. The second-order valence-electron chi connectivity index (χ2n) is 7.88. The molecule has 0 aliphatic heterocycles. The van der Waals surface area contributed by atoms with E-state index in [1.165, 1.54) is 24.0 Å². The first kappa shape index (κ1) is 14.1. The molecule has 0 N–H and O–H groups in total. The van der Waals surface area contributed by atoms with E-state index >= 15 is 0 Å². The van der Waals surface area contributed by atoms with Gasteiger partial charge in [-0.2, -0.15) is 0 Å². The molecule has 0 saturated heterocycles. The van der Waals surface area contributed by atoms with Crippen molar-refractivity contribution in [3.05, 3.63) is 46.5 Å². The Bertz CT molecular complexity index is 899. The molecular formula is C20H21ClO. The van der Waals surface area contributed by atoms with Crippen LogP contribution in [-0.4, -0.2) is 0 Å². The summed E-state index contributed by atoms with van der Waals surface area (Å²) in [7, 11) is 0. The Morgan fingerprint density at radius 3 is 2.23 bits per heavy atom. The average Bonchev–Trinajstić information content (AvgIpc) is 2.82. The topological polar surface area (TPSA) is 13.1 Å². The Kier molecular flexibility index (Phi) is 2.76. The summed E-state index contributed by atoms with van der Waals surface area (Å²) < 4.78 is 6.08. The van der Waals surface area contributed by atoms with Crippen LogP contribution in [0.4, 0.5) is 0 Å². The van der Waals surface area contributed by atoms with E-state index in [0.29, 0.717) is 0 Å². The Balaban J connectivity index is 2.15. The minimum absolute atomic E-state index is 0.196. The first-order chi connectivity index (χ1) is 10.3. The van der Waals surface area contributed by atoms with Gasteiger partial charge in [-0.25, -0.2) is 0 Å². The normalized spacial score (nSPS) is 19.5. The number of benzene rings is 2. The van der Waals surface area contributed by atoms with Crippen molar-refractivity contribution >= 4 is 33.5 Å². The molecule has 0 saturated carbocycles. The molecule has 2 heteroatoms. The zero-order valence-corrected chi connectivity index (χ0v) is 14.3. The van der Waals surface area contributed by atoms with Crippen LogP contribution in [0.2, 0.25) is 5.02 Å². The summed E-state index contributed by atoms with van der Waals surface area (Å²) in [4.78, 5) is 0. The van der Waals surface area contributed by atoms with E-state index in [0.717, 1.165) is 27.0 Å². The molecule has 1 aromatic heterocycles. The van der Waals surface area contributed by atoms with Crippen molar-refractivity contribution in [1.82, 2.24) is 0 Å². The number of furan rings is 1. The summed E-state index contributed by atoms with van der Waals surface area (Å²) in [6.45, 7) is 9.36. The molecule has 1 nitrogen and oxygen atoms in total. The van der Waals surface area contributed by atoms with Crippen LogP contribution in [0.3, 0.4) is 0 Å². The fourth-order valence-electron chi connectivity index (χ4n) is 3.84. The lowest BCUT2D eigenvalue weighted by atomic mass is 9.63. The van der Waals surface area contributed by atoms with E-state index < -0.39 is 0 Å². The summed E-state index contributed by atoms with van der Waals surface area (Å²) >= 11 is 6.43. The van der Waals surface area contributed by atoms with Crippen molar-refractivity contribution in [1.29, 1.82) is 0 Å². The molecule has 0 fully saturated rings. The lowest BCUT2D eigenvalue weighted by molar-refractivity contribution is 0.332. The predicted octanol–water partition coefficient (Wildman–Crippen LogP) is 6.59. The van der Waals surface area contributed by atoms with E-state index in [1.807, 2.05) is 18.2 Å². The molecule has 3 aromatic rings. The second-order valence-corrected chi connectivity index (χ2v) is 8.28. The van der Waals surface area contributed by atoms with Crippen LogP contribution < -0.4 is 0 Å². The van der Waals surface area contributed by atoms with E-state index in [-0.39, 0.29) is 10.8 Å². The largest absolute Gasteiger partial charge is 0.456 e. The van der Waals surface area contributed by atoms with Gasteiger partial charge in [0.15, 0.2) is 0 Å². The van der Waals surface area contributed by atoms with Crippen molar-refractivity contribution in [2.24, 2.45) is 0 Å². The molecule has 2 aromatic carbocycles. The molecule has 1 aliphatic carbocycles. The number of fused-ring (bicyclic) bond motifs is 4. The van der Waals surface area contributed by atoms with E-state index in [9.17, 15) is 0 Å². The van der Waals surface area contributed by atoms with Gasteiger partial charge in [-0.15, -0.1) is 0 Å². The van der Waals surface area contributed by atoms with Gasteiger partial charge in [-0.05, 0) is 59.1 Å². The molecule has 4 rings (SSSR count). The summed E-state index contributed by atoms with van der Waals surface area (Å²) in [5, 5.41) is 2.95. The van der Waals surface area contributed by atoms with Crippen LogP contribution in [-0.2, 0) is 10.8 Å². The SMILES string of the molecule is CC1(C)CCC(C)(C)c2cc3c(cc21)oc1cccc(Cl)c13. The van der Waals surface area contributed by atoms with Crippen molar-refractivity contribution in [2.45, 2.75) is 51.4 Å². The van der Waals surface area contributed by atoms with Crippen LogP contribution >= 0.6 is 11.6 Å². The Labute approximate surface area is 136 Å². The van der Waals surface area contributed by atoms with Gasteiger partial charge in [0.1, 0.15) is 11.2 Å². The summed E-state index contributed by atoms with van der Waals surface area (Å²) in [6.07, 6.45) is 2.42. The van der Waals surface area contributed by atoms with Crippen molar-refractivity contribution in [3.63, 3.8) is 0 Å². The van der Waals surface area contributed by atoms with Crippen molar-refractivity contribution in [3.8, 4) is 0 Å². The van der Waals surface area contributed by atoms with Crippen LogP contribution in [0.1, 0.15) is 51.7 Å². The number of rotatable bonds is 0. The standard InChI is InChI=1S/C20H21ClO/c1-19(2)8-9-20(3,4)14-11-17-12(10-13(14)19)18-15(21)6-5-7-16(18)22-17/h5-7,10-11H,8-9H2,1-4H3. The maximum absolute atomic E-state index is 6.43. The highest BCUT2D eigenvalue weighted by atomic mass is 35.5. The third kappa shape index (κ3) is 1.85. The van der Waals surface area contributed by atoms with Crippen LogP contribution in [0, 0.1) is 0 Å². The first-order valence-corrected chi connectivity index (χ1v) is 8.33. The lowest BCUT2D eigenvalue weighted by Gasteiger charge is -2.41. The Morgan fingerprint density at radius 2 is 1.55 bits per heavy atom. The predicted molar refractivity (Wildman–Crippen MR) is 94.0 cm³/mol. The lowest BCUT2D eigenvalue weighted by Crippen LogP contribution is -2.33. The maximum Gasteiger partial charge on any atom is 0.136 e. The van der Waals surface area contributed by atoms with Gasteiger partial charge in [0.2, 0.25) is 0 Å². The molecule has 0 radical (unpaired) electrons. The molecular weight excluding hydrogens is 292 g/mol. The van der Waals surface area contributed by atoms with Crippen LogP contribution in [0.25, 0.3) is 21.9 Å². The molecule has 0 unspecified atom stereocenters. The highest BCUT2D eigenvalue weighted by Crippen LogP contribution is 2.48. The number of hydrogen-bond donors (Lipinski definition) is 0. The van der Waals surface area contributed by atoms with Gasteiger partial charge in [0.05, 0.1) is 5.02 Å². The van der Waals surface area contributed by atoms with Gasteiger partial charge in [0, 0.05) is 10.8 Å². The quantitative estimate of drug-likeness (QED) is 0.456. The second kappa shape index (κ2) is 4.29. The minimum atomic E-state index is 0.196. The molecule has 0 bridgehead atoms. The van der Waals surface area contributed by atoms with E-state index in [2.05, 4.69) is 39.8 Å². The molecule has 0 amide bonds. The summed E-state index contributed by atoms with van der Waals surface area (Å²) in [6, 6.07) is 10.5. The van der Waals surface area contributed by atoms with E-state index in [1.54, 1.807) is 0 Å². The van der Waals surface area contributed by atoms with Gasteiger partial charge < -0.3 is 4.42 Å². The molecule has 0 atom stereocenters. The van der Waals surface area contributed by atoms with E-state index in [4.69, 9.17) is 16.0 Å². The van der Waals surface area contributed by atoms with Crippen LogP contribution in [0.5, 0.6) is 0 Å². The molecule has 114 valence electrons. The Hall–Kier alpha value is -1.47.